The van der Waals surface area contributed by atoms with Crippen LogP contribution in [-0.2, 0) is 15.8 Å². The number of rotatable bonds is 9. The quantitative estimate of drug-likeness (QED) is 0.209. The van der Waals surface area contributed by atoms with Crippen LogP contribution in [0.15, 0.2) is 54.0 Å². The molecule has 1 aliphatic rings. The minimum absolute atomic E-state index is 0.0878. The van der Waals surface area contributed by atoms with Gasteiger partial charge in [-0.3, -0.25) is 19.3 Å². The topological polar surface area (TPSA) is 84.9 Å². The number of thioether (sulfide) groups is 1. The molecule has 0 spiro atoms. The second-order valence-electron chi connectivity index (χ2n) is 7.26. The summed E-state index contributed by atoms with van der Waals surface area (Å²) in [6.07, 6.45) is -1.48. The van der Waals surface area contributed by atoms with Crippen LogP contribution in [0.4, 0.5) is 23.7 Å². The molecule has 3 rings (SSSR count). The minimum atomic E-state index is -4.58. The number of nitrogens with zero attached hydrogens (tertiary/aromatic N) is 1. The highest BCUT2D eigenvalue weighted by molar-refractivity contribution is 14.1. The normalized spacial score (nSPS) is 14.8. The lowest BCUT2D eigenvalue weighted by molar-refractivity contribution is -0.137. The molecule has 3 amide bonds. The van der Waals surface area contributed by atoms with Crippen molar-refractivity contribution in [2.24, 2.45) is 0 Å². The van der Waals surface area contributed by atoms with Crippen LogP contribution in [0.1, 0.15) is 18.1 Å². The number of amides is 3. The first-order chi connectivity index (χ1) is 17.0. The molecular weight excluding hydrogens is 612 g/mol. The number of anilines is 1. The van der Waals surface area contributed by atoms with E-state index in [1.54, 1.807) is 18.2 Å². The van der Waals surface area contributed by atoms with Crippen molar-refractivity contribution in [3.8, 4) is 11.5 Å². The Morgan fingerprint density at radius 2 is 1.97 bits per heavy atom. The van der Waals surface area contributed by atoms with E-state index in [4.69, 9.17) is 9.47 Å². The van der Waals surface area contributed by atoms with Crippen molar-refractivity contribution in [2.75, 3.05) is 25.1 Å². The number of carbonyl (C=O) groups excluding carboxylic acids is 3. The highest BCUT2D eigenvalue weighted by atomic mass is 127. The summed E-state index contributed by atoms with van der Waals surface area (Å²) in [5, 5.41) is 1.62. The Bertz CT molecular complexity index is 1230. The molecule has 2 aromatic carbocycles. The van der Waals surface area contributed by atoms with Crippen LogP contribution >= 0.6 is 34.4 Å². The van der Waals surface area contributed by atoms with Gasteiger partial charge in [-0.2, -0.15) is 13.2 Å². The van der Waals surface area contributed by atoms with Crippen LogP contribution in [-0.4, -0.2) is 41.7 Å². The molecule has 1 saturated heterocycles. The molecular formula is C24H20F3IN2O5S. The van der Waals surface area contributed by atoms with Crippen LogP contribution in [0.25, 0.3) is 6.08 Å². The van der Waals surface area contributed by atoms with E-state index in [1.165, 1.54) is 12.1 Å². The predicted molar refractivity (Wildman–Crippen MR) is 139 cm³/mol. The third-order valence-corrected chi connectivity index (χ3v) is 6.33. The molecule has 0 radical (unpaired) electrons. The van der Waals surface area contributed by atoms with E-state index in [9.17, 15) is 27.6 Å². The summed E-state index contributed by atoms with van der Waals surface area (Å²) in [7, 11) is 0. The van der Waals surface area contributed by atoms with Gasteiger partial charge in [-0.1, -0.05) is 18.7 Å². The number of hydrogen-bond acceptors (Lipinski definition) is 6. The maximum Gasteiger partial charge on any atom is 0.416 e. The van der Waals surface area contributed by atoms with Gasteiger partial charge in [0, 0.05) is 5.69 Å². The Kier molecular flexibility index (Phi) is 9.06. The fourth-order valence-electron chi connectivity index (χ4n) is 3.12. The molecule has 36 heavy (non-hydrogen) atoms. The zero-order chi connectivity index (χ0) is 26.5. The molecule has 1 N–H and O–H groups in total. The summed E-state index contributed by atoms with van der Waals surface area (Å²) in [4.78, 5) is 38.4. The molecule has 1 fully saturated rings. The van der Waals surface area contributed by atoms with Gasteiger partial charge < -0.3 is 14.8 Å². The zero-order valence-electron chi connectivity index (χ0n) is 18.9. The highest BCUT2D eigenvalue weighted by Crippen LogP contribution is 2.37. The van der Waals surface area contributed by atoms with Gasteiger partial charge in [0.2, 0.25) is 5.91 Å². The predicted octanol–water partition coefficient (Wildman–Crippen LogP) is 5.95. The van der Waals surface area contributed by atoms with E-state index in [-0.39, 0.29) is 17.2 Å². The first kappa shape index (κ1) is 27.6. The lowest BCUT2D eigenvalue weighted by Crippen LogP contribution is -2.36. The molecule has 0 aliphatic carbocycles. The molecule has 1 heterocycles. The number of alkyl halides is 3. The molecule has 12 heteroatoms. The molecule has 0 atom stereocenters. The first-order valence-electron chi connectivity index (χ1n) is 10.5. The van der Waals surface area contributed by atoms with E-state index in [0.29, 0.717) is 39.0 Å². The van der Waals surface area contributed by atoms with Gasteiger partial charge in [0.05, 0.1) is 20.6 Å². The van der Waals surface area contributed by atoms with Gasteiger partial charge in [-0.15, -0.1) is 0 Å². The largest absolute Gasteiger partial charge is 0.490 e. The maximum absolute atomic E-state index is 12.9. The SMILES string of the molecule is C=CCOc1c(I)cc(/C=C2\SC(=O)N(CC(=O)Nc3cccc(C(F)(F)F)c3)C2=O)cc1OCC. The molecule has 0 aromatic heterocycles. The molecule has 190 valence electrons. The minimum Gasteiger partial charge on any atom is -0.490 e. The van der Waals surface area contributed by atoms with Gasteiger partial charge in [0.1, 0.15) is 13.2 Å². The lowest BCUT2D eigenvalue weighted by atomic mass is 10.2. The summed E-state index contributed by atoms with van der Waals surface area (Å²) >= 11 is 2.72. The molecule has 1 aliphatic heterocycles. The summed E-state index contributed by atoms with van der Waals surface area (Å²) in [5.74, 6) is -0.523. The van der Waals surface area contributed by atoms with Crippen molar-refractivity contribution in [3.63, 3.8) is 0 Å². The van der Waals surface area contributed by atoms with Crippen LogP contribution in [0, 0.1) is 3.57 Å². The fourth-order valence-corrected chi connectivity index (χ4v) is 4.74. The average molecular weight is 632 g/mol. The third kappa shape index (κ3) is 6.81. The van der Waals surface area contributed by atoms with Crippen molar-refractivity contribution < 1.29 is 37.0 Å². The number of hydrogen-bond donors (Lipinski definition) is 1. The maximum atomic E-state index is 12.9. The molecule has 0 unspecified atom stereocenters. The van der Waals surface area contributed by atoms with Gasteiger partial charge in [-0.05, 0) is 83.2 Å². The first-order valence-corrected chi connectivity index (χ1v) is 12.4. The van der Waals surface area contributed by atoms with Gasteiger partial charge in [-0.25, -0.2) is 0 Å². The van der Waals surface area contributed by atoms with Gasteiger partial charge in [0.15, 0.2) is 11.5 Å². The van der Waals surface area contributed by atoms with Crippen molar-refractivity contribution in [2.45, 2.75) is 13.1 Å². The summed E-state index contributed by atoms with van der Waals surface area (Å²) in [6.45, 7) is 5.44. The highest BCUT2D eigenvalue weighted by Gasteiger charge is 2.36. The Morgan fingerprint density at radius 3 is 2.64 bits per heavy atom. The number of benzene rings is 2. The van der Waals surface area contributed by atoms with Crippen LogP contribution in [0.3, 0.4) is 0 Å². The second-order valence-corrected chi connectivity index (χ2v) is 9.41. The van der Waals surface area contributed by atoms with Gasteiger partial charge in [0.25, 0.3) is 11.1 Å². The van der Waals surface area contributed by atoms with Crippen LogP contribution in [0.2, 0.25) is 0 Å². The number of carbonyl (C=O) groups is 3. The number of ether oxygens (including phenoxy) is 2. The van der Waals surface area contributed by atoms with E-state index in [1.807, 2.05) is 6.92 Å². The van der Waals surface area contributed by atoms with Crippen molar-refractivity contribution in [3.05, 3.63) is 68.7 Å². The third-order valence-electron chi connectivity index (χ3n) is 4.62. The lowest BCUT2D eigenvalue weighted by Gasteiger charge is -2.14. The molecule has 0 saturated carbocycles. The fraction of sp³-hybridized carbons (Fsp3) is 0.208. The smallest absolute Gasteiger partial charge is 0.416 e. The zero-order valence-corrected chi connectivity index (χ0v) is 21.8. The second kappa shape index (κ2) is 11.8. The molecule has 2 aromatic rings. The number of nitrogens with one attached hydrogen (secondary N) is 1. The standard InChI is InChI=1S/C24H20F3IN2O5S/c1-3-8-35-21-17(28)9-14(10-18(21)34-4-2)11-19-22(32)30(23(33)36-19)13-20(31)29-16-7-5-6-15(12-16)24(25,26)27/h3,5-7,9-12H,1,4,8,13H2,2H3,(H,29,31)/b19-11-. The van der Waals surface area contributed by atoms with E-state index in [2.05, 4.69) is 34.5 Å². The molecule has 0 bridgehead atoms. The Balaban J connectivity index is 1.75. The van der Waals surface area contributed by atoms with Crippen LogP contribution < -0.4 is 14.8 Å². The molecule has 7 nitrogen and oxygen atoms in total. The Labute approximate surface area is 222 Å². The van der Waals surface area contributed by atoms with Crippen LogP contribution in [0.5, 0.6) is 11.5 Å². The van der Waals surface area contributed by atoms with Gasteiger partial charge >= 0.3 is 6.18 Å². The summed E-state index contributed by atoms with van der Waals surface area (Å²) < 4.78 is 50.7. The van der Waals surface area contributed by atoms with Crippen molar-refractivity contribution in [1.29, 1.82) is 0 Å². The number of halogens is 4. The van der Waals surface area contributed by atoms with Crippen molar-refractivity contribution in [1.82, 2.24) is 4.90 Å². The summed E-state index contributed by atoms with van der Waals surface area (Å²) in [5.41, 5.74) is -0.460. The van der Waals surface area contributed by atoms with Crippen molar-refractivity contribution >= 4 is 63.2 Å². The Hall–Kier alpha value is -3.00. The number of imide groups is 1. The average Bonchev–Trinajstić information content (AvgIpc) is 3.05. The summed E-state index contributed by atoms with van der Waals surface area (Å²) in [6, 6.07) is 7.47. The van der Waals surface area contributed by atoms with E-state index >= 15 is 0 Å². The Morgan fingerprint density at radius 1 is 1.22 bits per heavy atom. The van der Waals surface area contributed by atoms with E-state index < -0.39 is 35.3 Å². The monoisotopic (exact) mass is 632 g/mol. The van der Waals surface area contributed by atoms with E-state index in [0.717, 1.165) is 23.1 Å².